The molecule has 1 aromatic rings. The highest BCUT2D eigenvalue weighted by Crippen LogP contribution is 2.20. The normalized spacial score (nSPS) is 11.1. The first-order valence-electron chi connectivity index (χ1n) is 5.30. The van der Waals surface area contributed by atoms with Crippen LogP contribution in [0.15, 0.2) is 17.0 Å². The Balaban J connectivity index is 3.01. The minimum absolute atomic E-state index is 0.414. The molecule has 0 bridgehead atoms. The Morgan fingerprint density at radius 3 is 2.48 bits per heavy atom. The van der Waals surface area contributed by atoms with Crippen LogP contribution >= 0.6 is 0 Å². The summed E-state index contributed by atoms with van der Waals surface area (Å²) in [6.45, 7) is -0.840. The molecule has 0 spiro atoms. The Morgan fingerprint density at radius 1 is 1.33 bits per heavy atom. The summed E-state index contributed by atoms with van der Waals surface area (Å²) in [6.07, 6.45) is -1.13. The van der Waals surface area contributed by atoms with Crippen LogP contribution in [0.3, 0.4) is 0 Å². The van der Waals surface area contributed by atoms with E-state index >= 15 is 0 Å². The number of carbonyl (C=O) groups is 2. The van der Waals surface area contributed by atoms with Gasteiger partial charge in [0.1, 0.15) is 22.9 Å². The van der Waals surface area contributed by atoms with Crippen LogP contribution < -0.4 is 10.5 Å². The van der Waals surface area contributed by atoms with Gasteiger partial charge in [-0.25, -0.2) is 31.5 Å². The van der Waals surface area contributed by atoms with Crippen LogP contribution in [0, 0.1) is 11.6 Å². The van der Waals surface area contributed by atoms with Crippen molar-refractivity contribution in [2.45, 2.75) is 4.90 Å². The van der Waals surface area contributed by atoms with Gasteiger partial charge in [-0.1, -0.05) is 0 Å². The minimum atomic E-state index is -4.45. The maximum absolute atomic E-state index is 13.8. The van der Waals surface area contributed by atoms with E-state index in [0.29, 0.717) is 12.1 Å². The predicted octanol–water partition coefficient (Wildman–Crippen LogP) is 0.0366. The smallest absolute Gasteiger partial charge is 0.404 e. The molecule has 0 saturated heterocycles. The van der Waals surface area contributed by atoms with E-state index in [1.807, 2.05) is 4.72 Å². The summed E-state index contributed by atoms with van der Waals surface area (Å²) in [7, 11) is -4.45. The summed E-state index contributed by atoms with van der Waals surface area (Å²) in [5.74, 6) is -5.08. The van der Waals surface area contributed by atoms with Crippen LogP contribution in [0.5, 0.6) is 0 Å². The monoisotopic (exact) mass is 324 g/mol. The summed E-state index contributed by atoms with van der Waals surface area (Å²) >= 11 is 0. The molecule has 1 rings (SSSR count). The van der Waals surface area contributed by atoms with Crippen LogP contribution in [-0.2, 0) is 14.8 Å². The number of benzene rings is 1. The van der Waals surface area contributed by atoms with Crippen molar-refractivity contribution in [2.75, 3.05) is 13.2 Å². The van der Waals surface area contributed by atoms with Gasteiger partial charge in [0, 0.05) is 6.54 Å². The molecule has 0 aliphatic carbocycles. The highest BCUT2D eigenvalue weighted by atomic mass is 32.2. The molecule has 0 heterocycles. The lowest BCUT2D eigenvalue weighted by Crippen LogP contribution is -2.30. The molecule has 8 nitrogen and oxygen atoms in total. The van der Waals surface area contributed by atoms with Gasteiger partial charge in [0.15, 0.2) is 5.82 Å². The Kier molecular flexibility index (Phi) is 5.16. The van der Waals surface area contributed by atoms with E-state index in [1.165, 1.54) is 0 Å². The van der Waals surface area contributed by atoms with Crippen molar-refractivity contribution in [1.29, 1.82) is 0 Å². The van der Waals surface area contributed by atoms with E-state index in [1.54, 1.807) is 0 Å². The zero-order valence-corrected chi connectivity index (χ0v) is 11.1. The molecule has 11 heteroatoms. The van der Waals surface area contributed by atoms with Crippen LogP contribution in [0.2, 0.25) is 0 Å². The Bertz CT molecular complexity index is 676. The summed E-state index contributed by atoms with van der Waals surface area (Å²) in [6, 6.07) is 1.09. The second-order valence-corrected chi connectivity index (χ2v) is 5.34. The van der Waals surface area contributed by atoms with E-state index in [9.17, 15) is 26.8 Å². The van der Waals surface area contributed by atoms with Gasteiger partial charge in [0.05, 0.1) is 0 Å². The van der Waals surface area contributed by atoms with Gasteiger partial charge in [-0.15, -0.1) is 0 Å². The first-order chi connectivity index (χ1) is 9.66. The standard InChI is InChI=1S/C10H10F2N2O6S/c11-5-1-2-6(8(12)7(5)9(15)16)21(18,19)14-3-4-20-10(13)17/h1-2,14H,3-4H2,(H2,13,17)(H,15,16). The van der Waals surface area contributed by atoms with Crippen molar-refractivity contribution < 1.29 is 36.6 Å². The summed E-state index contributed by atoms with van der Waals surface area (Å²) < 4.78 is 56.5. The van der Waals surface area contributed by atoms with Gasteiger partial charge in [-0.05, 0) is 12.1 Å². The third kappa shape index (κ3) is 4.10. The number of ether oxygens (including phenoxy) is 1. The second kappa shape index (κ2) is 6.45. The summed E-state index contributed by atoms with van der Waals surface area (Å²) in [4.78, 5) is 19.9. The molecule has 0 aliphatic rings. The number of carboxylic acids is 1. The molecule has 0 atom stereocenters. The van der Waals surface area contributed by atoms with Crippen LogP contribution in [0.25, 0.3) is 0 Å². The topological polar surface area (TPSA) is 136 Å². The van der Waals surface area contributed by atoms with E-state index in [0.717, 1.165) is 0 Å². The molecule has 21 heavy (non-hydrogen) atoms. The molecule has 116 valence electrons. The minimum Gasteiger partial charge on any atom is -0.477 e. The number of primary amides is 1. The van der Waals surface area contributed by atoms with Crippen molar-refractivity contribution in [3.63, 3.8) is 0 Å². The number of nitrogens with one attached hydrogen (secondary N) is 1. The van der Waals surface area contributed by atoms with Crippen molar-refractivity contribution in [3.8, 4) is 0 Å². The first-order valence-corrected chi connectivity index (χ1v) is 6.78. The molecule has 4 N–H and O–H groups in total. The van der Waals surface area contributed by atoms with Gasteiger partial charge in [-0.2, -0.15) is 0 Å². The predicted molar refractivity (Wildman–Crippen MR) is 64.0 cm³/mol. The molecule has 1 aromatic carbocycles. The van der Waals surface area contributed by atoms with Gasteiger partial charge >= 0.3 is 12.1 Å². The van der Waals surface area contributed by atoms with Crippen molar-refractivity contribution >= 4 is 22.1 Å². The number of halogens is 2. The SMILES string of the molecule is NC(=O)OCCNS(=O)(=O)c1ccc(F)c(C(=O)O)c1F. The van der Waals surface area contributed by atoms with Crippen molar-refractivity contribution in [1.82, 2.24) is 4.72 Å². The van der Waals surface area contributed by atoms with Crippen molar-refractivity contribution in [2.24, 2.45) is 5.73 Å². The van der Waals surface area contributed by atoms with Gasteiger partial charge in [-0.3, -0.25) is 0 Å². The van der Waals surface area contributed by atoms with Crippen molar-refractivity contribution in [3.05, 3.63) is 29.3 Å². The lowest BCUT2D eigenvalue weighted by atomic mass is 10.2. The number of rotatable bonds is 6. The average Bonchev–Trinajstić information content (AvgIpc) is 2.33. The molecule has 0 saturated carbocycles. The number of aromatic carboxylic acids is 1. The number of hydrogen-bond donors (Lipinski definition) is 3. The zero-order valence-electron chi connectivity index (χ0n) is 10.3. The zero-order chi connectivity index (χ0) is 16.2. The fourth-order valence-corrected chi connectivity index (χ4v) is 2.44. The molecule has 0 fully saturated rings. The molecular formula is C10H10F2N2O6S. The molecular weight excluding hydrogens is 314 g/mol. The summed E-state index contributed by atoms with van der Waals surface area (Å²) in [5.41, 5.74) is 3.26. The number of hydrogen-bond acceptors (Lipinski definition) is 5. The van der Waals surface area contributed by atoms with Gasteiger partial charge in [0.25, 0.3) is 0 Å². The molecule has 0 aromatic heterocycles. The fourth-order valence-electron chi connectivity index (χ4n) is 1.34. The molecule has 0 unspecified atom stereocenters. The summed E-state index contributed by atoms with van der Waals surface area (Å²) in [5, 5.41) is 8.65. The number of amides is 1. The van der Waals surface area contributed by atoms with Gasteiger partial charge in [0.2, 0.25) is 10.0 Å². The molecule has 0 aliphatic heterocycles. The number of carboxylic acid groups (broad SMARTS) is 1. The number of carbonyl (C=O) groups excluding carboxylic acids is 1. The molecule has 0 radical (unpaired) electrons. The Labute approximate surface area is 117 Å². The third-order valence-electron chi connectivity index (χ3n) is 2.20. The molecule has 1 amide bonds. The Hall–Kier alpha value is -2.27. The average molecular weight is 324 g/mol. The van der Waals surface area contributed by atoms with E-state index in [4.69, 9.17) is 5.11 Å². The maximum atomic E-state index is 13.8. The highest BCUT2D eigenvalue weighted by molar-refractivity contribution is 7.89. The lowest BCUT2D eigenvalue weighted by molar-refractivity contribution is 0.0685. The third-order valence-corrected chi connectivity index (χ3v) is 3.68. The number of sulfonamides is 1. The highest BCUT2D eigenvalue weighted by Gasteiger charge is 2.26. The quantitative estimate of drug-likeness (QED) is 0.632. The van der Waals surface area contributed by atoms with Crippen LogP contribution in [-0.4, -0.2) is 38.7 Å². The fraction of sp³-hybridized carbons (Fsp3) is 0.200. The van der Waals surface area contributed by atoms with Crippen LogP contribution in [0.4, 0.5) is 13.6 Å². The largest absolute Gasteiger partial charge is 0.477 e. The lowest BCUT2D eigenvalue weighted by Gasteiger charge is -2.09. The first kappa shape index (κ1) is 16.8. The van der Waals surface area contributed by atoms with E-state index < -0.39 is 57.3 Å². The van der Waals surface area contributed by atoms with E-state index in [2.05, 4.69) is 10.5 Å². The maximum Gasteiger partial charge on any atom is 0.404 e. The van der Waals surface area contributed by atoms with Gasteiger partial charge < -0.3 is 15.6 Å². The van der Waals surface area contributed by atoms with E-state index in [-0.39, 0.29) is 0 Å². The van der Waals surface area contributed by atoms with Crippen LogP contribution in [0.1, 0.15) is 10.4 Å². The second-order valence-electron chi connectivity index (χ2n) is 3.60. The number of nitrogens with two attached hydrogens (primary N) is 1. The Morgan fingerprint density at radius 2 is 1.95 bits per heavy atom.